The summed E-state index contributed by atoms with van der Waals surface area (Å²) in [4.78, 5) is 34.1. The Kier molecular flexibility index (Phi) is 7.70. The summed E-state index contributed by atoms with van der Waals surface area (Å²) in [7, 11) is 0. The minimum atomic E-state index is -0.194. The van der Waals surface area contributed by atoms with E-state index < -0.39 is 0 Å². The number of carbonyl (C=O) groups excluding carboxylic acids is 1. The summed E-state index contributed by atoms with van der Waals surface area (Å²) in [6, 6.07) is 0. The standard InChI is InChI=1S/C19H28N6O3S/c1-3-4-5-6-16-23-24-19(29-16)21-15(26)8-7-14-13(2)20-18(22-17(14)27)25-9-11-28-12-10-25/h3-12H2,1-2H3,(H,20,22,27)(H,21,24,26). The molecule has 10 heteroatoms. The van der Waals surface area contributed by atoms with Gasteiger partial charge in [-0.2, -0.15) is 0 Å². The third kappa shape index (κ3) is 6.07. The molecule has 3 heterocycles. The molecule has 0 spiro atoms. The smallest absolute Gasteiger partial charge is 0.255 e. The van der Waals surface area contributed by atoms with E-state index in [1.54, 1.807) is 6.92 Å². The number of unbranched alkanes of at least 4 members (excludes halogenated alkanes) is 2. The average molecular weight is 421 g/mol. The summed E-state index contributed by atoms with van der Waals surface area (Å²) < 4.78 is 5.33. The van der Waals surface area contributed by atoms with E-state index in [0.717, 1.165) is 30.7 Å². The number of nitrogens with one attached hydrogen (secondary N) is 2. The first kappa shape index (κ1) is 21.4. The van der Waals surface area contributed by atoms with Gasteiger partial charge >= 0.3 is 0 Å². The highest BCUT2D eigenvalue weighted by molar-refractivity contribution is 7.15. The van der Waals surface area contributed by atoms with Gasteiger partial charge < -0.3 is 15.0 Å². The number of nitrogens with zero attached hydrogens (tertiary/aromatic N) is 4. The van der Waals surface area contributed by atoms with Gasteiger partial charge in [-0.3, -0.25) is 14.6 Å². The molecule has 1 fully saturated rings. The van der Waals surface area contributed by atoms with E-state index in [-0.39, 0.29) is 17.9 Å². The number of carbonyl (C=O) groups is 1. The number of aromatic amines is 1. The van der Waals surface area contributed by atoms with Gasteiger partial charge in [0.15, 0.2) is 0 Å². The average Bonchev–Trinajstić information content (AvgIpc) is 3.15. The molecule has 0 saturated carbocycles. The second kappa shape index (κ2) is 10.4. The maximum atomic E-state index is 12.5. The van der Waals surface area contributed by atoms with Crippen molar-refractivity contribution in [2.75, 3.05) is 36.5 Å². The zero-order chi connectivity index (χ0) is 20.6. The predicted molar refractivity (Wildman–Crippen MR) is 113 cm³/mol. The third-order valence-corrected chi connectivity index (χ3v) is 5.73. The molecule has 2 N–H and O–H groups in total. The fourth-order valence-electron chi connectivity index (χ4n) is 3.17. The zero-order valence-electron chi connectivity index (χ0n) is 17.0. The lowest BCUT2D eigenvalue weighted by molar-refractivity contribution is -0.116. The number of ether oxygens (including phenoxy) is 1. The Balaban J connectivity index is 1.54. The van der Waals surface area contributed by atoms with Gasteiger partial charge in [0.25, 0.3) is 5.56 Å². The van der Waals surface area contributed by atoms with E-state index in [1.807, 2.05) is 4.90 Å². The molecule has 1 aliphatic heterocycles. The van der Waals surface area contributed by atoms with Crippen LogP contribution in [-0.2, 0) is 22.4 Å². The molecule has 0 aliphatic carbocycles. The molecule has 0 unspecified atom stereocenters. The van der Waals surface area contributed by atoms with Gasteiger partial charge in [0.2, 0.25) is 17.0 Å². The maximum absolute atomic E-state index is 12.5. The lowest BCUT2D eigenvalue weighted by atomic mass is 10.1. The van der Waals surface area contributed by atoms with Crippen LogP contribution in [0.5, 0.6) is 0 Å². The first-order valence-electron chi connectivity index (χ1n) is 10.1. The fraction of sp³-hybridized carbons (Fsp3) is 0.632. The Morgan fingerprint density at radius 2 is 2.03 bits per heavy atom. The van der Waals surface area contributed by atoms with Crippen LogP contribution < -0.4 is 15.8 Å². The van der Waals surface area contributed by atoms with Crippen LogP contribution in [0.4, 0.5) is 11.1 Å². The van der Waals surface area contributed by atoms with Gasteiger partial charge in [0.1, 0.15) is 5.01 Å². The van der Waals surface area contributed by atoms with Crippen molar-refractivity contribution in [2.45, 2.75) is 52.4 Å². The highest BCUT2D eigenvalue weighted by Gasteiger charge is 2.17. The number of H-pyrrole nitrogens is 1. The molecule has 1 aliphatic rings. The summed E-state index contributed by atoms with van der Waals surface area (Å²) in [5, 5.41) is 12.4. The number of amides is 1. The van der Waals surface area contributed by atoms with Crippen molar-refractivity contribution in [2.24, 2.45) is 0 Å². The lowest BCUT2D eigenvalue weighted by Crippen LogP contribution is -2.38. The highest BCUT2D eigenvalue weighted by Crippen LogP contribution is 2.18. The molecule has 0 radical (unpaired) electrons. The van der Waals surface area contributed by atoms with Gasteiger partial charge in [-0.05, 0) is 19.8 Å². The Morgan fingerprint density at radius 3 is 2.76 bits per heavy atom. The maximum Gasteiger partial charge on any atom is 0.255 e. The normalized spacial score (nSPS) is 14.2. The number of aryl methyl sites for hydroxylation is 2. The summed E-state index contributed by atoms with van der Waals surface area (Å²) in [5.41, 5.74) is 0.993. The van der Waals surface area contributed by atoms with Crippen LogP contribution in [-0.4, -0.2) is 52.4 Å². The molecule has 0 aromatic carbocycles. The largest absolute Gasteiger partial charge is 0.378 e. The minimum absolute atomic E-state index is 0.183. The molecule has 9 nitrogen and oxygen atoms in total. The summed E-state index contributed by atoms with van der Waals surface area (Å²) in [6.07, 6.45) is 4.79. The van der Waals surface area contributed by atoms with Crippen LogP contribution in [0.25, 0.3) is 0 Å². The Morgan fingerprint density at radius 1 is 1.24 bits per heavy atom. The minimum Gasteiger partial charge on any atom is -0.378 e. The number of hydrogen-bond donors (Lipinski definition) is 2. The number of hydrogen-bond acceptors (Lipinski definition) is 8. The van der Waals surface area contributed by atoms with Crippen molar-refractivity contribution in [3.63, 3.8) is 0 Å². The molecular weight excluding hydrogens is 392 g/mol. The van der Waals surface area contributed by atoms with Crippen molar-refractivity contribution in [3.8, 4) is 0 Å². The second-order valence-electron chi connectivity index (χ2n) is 7.06. The van der Waals surface area contributed by atoms with E-state index in [9.17, 15) is 9.59 Å². The van der Waals surface area contributed by atoms with Crippen molar-refractivity contribution in [1.29, 1.82) is 0 Å². The Hall–Kier alpha value is -2.33. The number of aromatic nitrogens is 4. The lowest BCUT2D eigenvalue weighted by Gasteiger charge is -2.27. The first-order chi connectivity index (χ1) is 14.1. The van der Waals surface area contributed by atoms with Gasteiger partial charge in [-0.15, -0.1) is 10.2 Å². The second-order valence-corrected chi connectivity index (χ2v) is 8.12. The fourth-order valence-corrected chi connectivity index (χ4v) is 3.96. The van der Waals surface area contributed by atoms with E-state index in [4.69, 9.17) is 4.74 Å². The molecule has 158 valence electrons. The van der Waals surface area contributed by atoms with Crippen molar-refractivity contribution >= 4 is 28.3 Å². The topological polar surface area (TPSA) is 113 Å². The molecule has 2 aromatic heterocycles. The van der Waals surface area contributed by atoms with Crippen LogP contribution in [0.3, 0.4) is 0 Å². The molecule has 2 aromatic rings. The summed E-state index contributed by atoms with van der Waals surface area (Å²) in [5.74, 6) is 0.380. The van der Waals surface area contributed by atoms with E-state index >= 15 is 0 Å². The van der Waals surface area contributed by atoms with Crippen LogP contribution in [0, 0.1) is 6.92 Å². The Bertz CT molecular complexity index is 875. The highest BCUT2D eigenvalue weighted by atomic mass is 32.1. The van der Waals surface area contributed by atoms with Crippen LogP contribution in [0.2, 0.25) is 0 Å². The van der Waals surface area contributed by atoms with Gasteiger partial charge in [0, 0.05) is 37.2 Å². The van der Waals surface area contributed by atoms with Gasteiger partial charge in [0.05, 0.1) is 13.2 Å². The van der Waals surface area contributed by atoms with Crippen LogP contribution >= 0.6 is 11.3 Å². The molecule has 3 rings (SSSR count). The summed E-state index contributed by atoms with van der Waals surface area (Å²) >= 11 is 1.41. The molecule has 0 atom stereocenters. The summed E-state index contributed by atoms with van der Waals surface area (Å²) in [6.45, 7) is 6.61. The van der Waals surface area contributed by atoms with Crippen molar-refractivity contribution in [1.82, 2.24) is 20.2 Å². The SMILES string of the molecule is CCCCCc1nnc(NC(=O)CCc2c(C)nc(N3CCOCC3)[nH]c2=O)s1. The van der Waals surface area contributed by atoms with Gasteiger partial charge in [-0.1, -0.05) is 31.1 Å². The van der Waals surface area contributed by atoms with Crippen molar-refractivity contribution < 1.29 is 9.53 Å². The predicted octanol–water partition coefficient (Wildman–Crippen LogP) is 2.07. The zero-order valence-corrected chi connectivity index (χ0v) is 17.8. The first-order valence-corrected chi connectivity index (χ1v) is 10.9. The van der Waals surface area contributed by atoms with E-state index in [2.05, 4.69) is 32.4 Å². The van der Waals surface area contributed by atoms with E-state index in [0.29, 0.717) is 55.1 Å². The van der Waals surface area contributed by atoms with Crippen LogP contribution in [0.15, 0.2) is 4.79 Å². The van der Waals surface area contributed by atoms with Crippen LogP contribution in [0.1, 0.15) is 48.9 Å². The van der Waals surface area contributed by atoms with Gasteiger partial charge in [-0.25, -0.2) is 4.98 Å². The number of morpholine rings is 1. The number of anilines is 2. The third-order valence-electron chi connectivity index (χ3n) is 4.83. The molecule has 0 bridgehead atoms. The monoisotopic (exact) mass is 420 g/mol. The van der Waals surface area contributed by atoms with E-state index in [1.165, 1.54) is 11.3 Å². The molecule has 1 saturated heterocycles. The molecule has 1 amide bonds. The number of rotatable bonds is 9. The quantitative estimate of drug-likeness (QED) is 0.597. The molecular formula is C19H28N6O3S. The van der Waals surface area contributed by atoms with Crippen molar-refractivity contribution in [3.05, 3.63) is 26.6 Å². The molecule has 29 heavy (non-hydrogen) atoms. The Labute approximate surface area is 173 Å².